The summed E-state index contributed by atoms with van der Waals surface area (Å²) in [6, 6.07) is 9.21. The lowest BCUT2D eigenvalue weighted by Gasteiger charge is -2.34. The van der Waals surface area contributed by atoms with Gasteiger partial charge in [-0.2, -0.15) is 9.52 Å². The number of aryl methyl sites for hydroxylation is 2. The van der Waals surface area contributed by atoms with Crippen LogP contribution in [0.3, 0.4) is 0 Å². The van der Waals surface area contributed by atoms with Crippen LogP contribution in [0.5, 0.6) is 0 Å². The van der Waals surface area contributed by atoms with Crippen molar-refractivity contribution in [3.05, 3.63) is 59.8 Å². The average Bonchev–Trinajstić information content (AvgIpc) is 3.39. The van der Waals surface area contributed by atoms with Crippen LogP contribution in [0.1, 0.15) is 11.4 Å². The molecule has 1 aliphatic rings. The highest BCUT2D eigenvalue weighted by Gasteiger charge is 2.30. The van der Waals surface area contributed by atoms with Crippen molar-refractivity contribution in [2.45, 2.75) is 18.7 Å². The number of H-pyrrole nitrogens is 1. The highest BCUT2D eigenvalue weighted by Crippen LogP contribution is 2.26. The van der Waals surface area contributed by atoms with Gasteiger partial charge in [-0.1, -0.05) is 0 Å². The Morgan fingerprint density at radius 2 is 1.81 bits per heavy atom. The third-order valence-corrected chi connectivity index (χ3v) is 7.62. The molecule has 1 fully saturated rings. The lowest BCUT2D eigenvalue weighted by atomic mass is 10.2. The van der Waals surface area contributed by atoms with E-state index in [4.69, 9.17) is 0 Å². The van der Waals surface area contributed by atoms with Crippen molar-refractivity contribution < 1.29 is 12.8 Å². The van der Waals surface area contributed by atoms with E-state index in [1.807, 2.05) is 30.0 Å². The third kappa shape index (κ3) is 4.85. The lowest BCUT2D eigenvalue weighted by Crippen LogP contribution is -2.49. The molecule has 0 radical (unpaired) electrons. The van der Waals surface area contributed by atoms with Gasteiger partial charge in [0.2, 0.25) is 15.8 Å². The topological polar surface area (TPSA) is 146 Å². The standard InChI is InChI=1S/C22H23FN10O2S/c1-14-5-6-24-19(11-14)27-20-13-21(26-15(2)25-20)32-7-9-33(10-8-32)36(34,35)16-3-4-18(23)17(12-16)22-28-30-31-29-22/h3-6,11-13H,7-10H2,1-2H3,(H,24,25,26,27)(H,28,29,30,31). The first-order valence-electron chi connectivity index (χ1n) is 11.1. The number of benzene rings is 1. The van der Waals surface area contributed by atoms with Gasteiger partial charge in [0.05, 0.1) is 10.5 Å². The van der Waals surface area contributed by atoms with Crippen LogP contribution >= 0.6 is 0 Å². The summed E-state index contributed by atoms with van der Waals surface area (Å²) in [4.78, 5) is 15.3. The Morgan fingerprint density at radius 1 is 1.00 bits per heavy atom. The number of anilines is 3. The van der Waals surface area contributed by atoms with Crippen LogP contribution < -0.4 is 10.2 Å². The smallest absolute Gasteiger partial charge is 0.243 e. The SMILES string of the molecule is Cc1ccnc(Nc2cc(N3CCN(S(=O)(=O)c4ccc(F)c(-c5nn[nH]n5)c4)CC3)nc(C)n2)c1. The number of piperazine rings is 1. The fraction of sp³-hybridized carbons (Fsp3) is 0.273. The fourth-order valence-corrected chi connectivity index (χ4v) is 5.38. The fourth-order valence-electron chi connectivity index (χ4n) is 3.93. The number of sulfonamides is 1. The second-order valence-corrected chi connectivity index (χ2v) is 10.2. The minimum Gasteiger partial charge on any atom is -0.354 e. The second-order valence-electron chi connectivity index (χ2n) is 8.27. The second kappa shape index (κ2) is 9.54. The minimum atomic E-state index is -3.86. The van der Waals surface area contributed by atoms with Crippen LogP contribution in [0.2, 0.25) is 0 Å². The zero-order chi connectivity index (χ0) is 25.3. The number of halogens is 1. The highest BCUT2D eigenvalue weighted by atomic mass is 32.2. The molecule has 2 N–H and O–H groups in total. The highest BCUT2D eigenvalue weighted by molar-refractivity contribution is 7.89. The van der Waals surface area contributed by atoms with Crippen molar-refractivity contribution in [2.24, 2.45) is 0 Å². The molecule has 1 aliphatic heterocycles. The van der Waals surface area contributed by atoms with Gasteiger partial charge in [-0.15, -0.1) is 10.2 Å². The summed E-state index contributed by atoms with van der Waals surface area (Å²) in [7, 11) is -3.86. The predicted molar refractivity (Wildman–Crippen MR) is 130 cm³/mol. The quantitative estimate of drug-likeness (QED) is 0.395. The first kappa shape index (κ1) is 23.7. The Kier molecular flexibility index (Phi) is 6.28. The Labute approximate surface area is 206 Å². The number of rotatable bonds is 6. The molecular formula is C22H23FN10O2S. The predicted octanol–water partition coefficient (Wildman–Crippen LogP) is 2.06. The van der Waals surface area contributed by atoms with Gasteiger partial charge in [0.1, 0.15) is 29.1 Å². The van der Waals surface area contributed by atoms with Gasteiger partial charge in [0.25, 0.3) is 0 Å². The molecule has 1 aromatic carbocycles. The maximum atomic E-state index is 14.3. The van der Waals surface area contributed by atoms with Crippen molar-refractivity contribution in [2.75, 3.05) is 36.4 Å². The number of hydrogen-bond acceptors (Lipinski definition) is 10. The molecule has 0 bridgehead atoms. The number of aromatic nitrogens is 7. The number of tetrazole rings is 1. The van der Waals surface area contributed by atoms with E-state index in [0.717, 1.165) is 11.6 Å². The Balaban J connectivity index is 1.31. The minimum absolute atomic E-state index is 0.0150. The third-order valence-electron chi connectivity index (χ3n) is 5.72. The summed E-state index contributed by atoms with van der Waals surface area (Å²) in [6.07, 6.45) is 1.72. The van der Waals surface area contributed by atoms with Crippen molar-refractivity contribution in [1.29, 1.82) is 0 Å². The first-order chi connectivity index (χ1) is 17.3. The first-order valence-corrected chi connectivity index (χ1v) is 12.6. The average molecular weight is 511 g/mol. The van der Waals surface area contributed by atoms with Gasteiger partial charge in [-0.25, -0.2) is 27.8 Å². The molecule has 36 heavy (non-hydrogen) atoms. The molecule has 5 rings (SSSR count). The molecule has 0 spiro atoms. The Bertz CT molecular complexity index is 1490. The molecule has 0 atom stereocenters. The molecule has 3 aromatic heterocycles. The van der Waals surface area contributed by atoms with E-state index in [0.29, 0.717) is 36.4 Å². The summed E-state index contributed by atoms with van der Waals surface area (Å²) in [5.41, 5.74) is 1.03. The van der Waals surface area contributed by atoms with Crippen LogP contribution in [0.4, 0.5) is 21.8 Å². The molecule has 4 heterocycles. The van der Waals surface area contributed by atoms with Gasteiger partial charge < -0.3 is 10.2 Å². The molecule has 186 valence electrons. The van der Waals surface area contributed by atoms with Crippen LogP contribution in [0.15, 0.2) is 47.5 Å². The van der Waals surface area contributed by atoms with E-state index >= 15 is 0 Å². The molecule has 0 saturated carbocycles. The van der Waals surface area contributed by atoms with E-state index in [-0.39, 0.29) is 29.4 Å². The summed E-state index contributed by atoms with van der Waals surface area (Å²) in [5.74, 6) is 1.90. The number of nitrogens with zero attached hydrogens (tertiary/aromatic N) is 8. The van der Waals surface area contributed by atoms with Crippen molar-refractivity contribution in [3.8, 4) is 11.4 Å². The molecule has 14 heteroatoms. The van der Waals surface area contributed by atoms with Crippen molar-refractivity contribution in [1.82, 2.24) is 39.9 Å². The van der Waals surface area contributed by atoms with Crippen LogP contribution in [0, 0.1) is 19.7 Å². The number of aromatic amines is 1. The van der Waals surface area contributed by atoms with Crippen molar-refractivity contribution in [3.63, 3.8) is 0 Å². The van der Waals surface area contributed by atoms with E-state index < -0.39 is 15.8 Å². The van der Waals surface area contributed by atoms with Gasteiger partial charge in [-0.3, -0.25) is 0 Å². The van der Waals surface area contributed by atoms with E-state index in [1.54, 1.807) is 13.1 Å². The molecule has 12 nitrogen and oxygen atoms in total. The summed E-state index contributed by atoms with van der Waals surface area (Å²) >= 11 is 0. The molecule has 0 amide bonds. The number of hydrogen-bond donors (Lipinski definition) is 2. The summed E-state index contributed by atoms with van der Waals surface area (Å²) in [5, 5.41) is 16.3. The van der Waals surface area contributed by atoms with Gasteiger partial charge in [-0.05, 0) is 55.0 Å². The van der Waals surface area contributed by atoms with Crippen LogP contribution in [-0.4, -0.2) is 74.5 Å². The molecular weight excluding hydrogens is 487 g/mol. The summed E-state index contributed by atoms with van der Waals surface area (Å²) in [6.45, 7) is 5.11. The molecule has 1 saturated heterocycles. The van der Waals surface area contributed by atoms with Crippen LogP contribution in [-0.2, 0) is 10.0 Å². The molecule has 0 aliphatic carbocycles. The number of pyridine rings is 1. The Morgan fingerprint density at radius 3 is 2.53 bits per heavy atom. The largest absolute Gasteiger partial charge is 0.354 e. The Hall–Kier alpha value is -4.04. The lowest BCUT2D eigenvalue weighted by molar-refractivity contribution is 0.383. The molecule has 0 unspecified atom stereocenters. The van der Waals surface area contributed by atoms with E-state index in [9.17, 15) is 12.8 Å². The normalized spacial score (nSPS) is 14.7. The zero-order valence-electron chi connectivity index (χ0n) is 19.6. The zero-order valence-corrected chi connectivity index (χ0v) is 20.4. The van der Waals surface area contributed by atoms with Gasteiger partial charge >= 0.3 is 0 Å². The monoisotopic (exact) mass is 510 g/mol. The number of nitrogens with one attached hydrogen (secondary N) is 2. The molecule has 4 aromatic rings. The van der Waals surface area contributed by atoms with Gasteiger partial charge in [0, 0.05) is 38.4 Å². The van der Waals surface area contributed by atoms with Crippen molar-refractivity contribution >= 4 is 27.5 Å². The van der Waals surface area contributed by atoms with Gasteiger partial charge in [0.15, 0.2) is 0 Å². The van der Waals surface area contributed by atoms with Crippen LogP contribution in [0.25, 0.3) is 11.4 Å². The summed E-state index contributed by atoms with van der Waals surface area (Å²) < 4.78 is 42.2. The maximum Gasteiger partial charge on any atom is 0.243 e. The maximum absolute atomic E-state index is 14.3. The van der Waals surface area contributed by atoms with E-state index in [1.165, 1.54) is 16.4 Å². The van der Waals surface area contributed by atoms with E-state index in [2.05, 4.69) is 40.9 Å².